The van der Waals surface area contributed by atoms with Gasteiger partial charge in [-0.05, 0) is 32.2 Å². The molecule has 1 aromatic rings. The van der Waals surface area contributed by atoms with Crippen LogP contribution >= 0.6 is 0 Å². The minimum atomic E-state index is 0.311. The van der Waals surface area contributed by atoms with E-state index in [1.165, 1.54) is 17.8 Å². The molecule has 0 saturated carbocycles. The highest BCUT2D eigenvalue weighted by atomic mass is 16.5. The van der Waals surface area contributed by atoms with Crippen LogP contribution < -0.4 is 10.2 Å². The summed E-state index contributed by atoms with van der Waals surface area (Å²) in [6, 6.07) is 0. The van der Waals surface area contributed by atoms with Crippen LogP contribution in [0.4, 0.5) is 5.82 Å². The van der Waals surface area contributed by atoms with Crippen molar-refractivity contribution in [1.29, 1.82) is 0 Å². The molecular weight excluding hydrogens is 264 g/mol. The monoisotopic (exact) mass is 294 g/mol. The number of nitrogens with zero attached hydrogens (tertiary/aromatic N) is 3. The van der Waals surface area contributed by atoms with Crippen LogP contribution in [0.1, 0.15) is 37.9 Å². The fourth-order valence-corrected chi connectivity index (χ4v) is 3.22. The van der Waals surface area contributed by atoms with Crippen LogP contribution in [0.2, 0.25) is 0 Å². The van der Waals surface area contributed by atoms with Gasteiger partial charge in [0, 0.05) is 39.4 Å². The summed E-state index contributed by atoms with van der Waals surface area (Å²) in [6.07, 6.45) is 2.64. The number of piperidine rings is 1. The van der Waals surface area contributed by atoms with Gasteiger partial charge in [-0.15, -0.1) is 0 Å². The van der Waals surface area contributed by atoms with Gasteiger partial charge in [0.1, 0.15) is 5.82 Å². The molecule has 1 aromatic heterocycles. The van der Waals surface area contributed by atoms with Crippen LogP contribution in [0.25, 0.3) is 0 Å². The summed E-state index contributed by atoms with van der Waals surface area (Å²) in [4.78, 5) is 2.44. The second kappa shape index (κ2) is 7.27. The quantitative estimate of drug-likeness (QED) is 0.816. The number of anilines is 1. The molecule has 1 saturated heterocycles. The van der Waals surface area contributed by atoms with Gasteiger partial charge in [0.2, 0.25) is 0 Å². The fraction of sp³-hybridized carbons (Fsp3) is 0.812. The minimum absolute atomic E-state index is 0.311. The Morgan fingerprint density at radius 3 is 2.86 bits per heavy atom. The number of aryl methyl sites for hydroxylation is 2. The third kappa shape index (κ3) is 3.58. The number of methoxy groups -OCH3 is 1. The number of aromatic nitrogens is 2. The van der Waals surface area contributed by atoms with E-state index in [9.17, 15) is 0 Å². The molecule has 5 heteroatoms. The number of hydrogen-bond acceptors (Lipinski definition) is 4. The molecule has 2 atom stereocenters. The van der Waals surface area contributed by atoms with E-state index in [2.05, 4.69) is 36.1 Å². The Bertz CT molecular complexity index is 457. The molecule has 21 heavy (non-hydrogen) atoms. The van der Waals surface area contributed by atoms with Crippen molar-refractivity contribution in [1.82, 2.24) is 15.1 Å². The summed E-state index contributed by atoms with van der Waals surface area (Å²) in [6.45, 7) is 10.6. The molecule has 0 aliphatic carbocycles. The Labute approximate surface area is 128 Å². The molecule has 1 N–H and O–H groups in total. The number of nitrogens with one attached hydrogen (secondary N) is 1. The standard InChI is InChI=1S/C16H30N4O/c1-6-8-17-10-14-13(3)18-19(4)16(14)20-9-7-12(2)15(11-20)21-5/h12,15,17H,6-11H2,1-5H3. The molecule has 0 bridgehead atoms. The molecule has 0 radical (unpaired) electrons. The van der Waals surface area contributed by atoms with Crippen LogP contribution in [0.3, 0.4) is 0 Å². The predicted octanol–water partition coefficient (Wildman–Crippen LogP) is 2.09. The van der Waals surface area contributed by atoms with Gasteiger partial charge in [-0.25, -0.2) is 0 Å². The third-order valence-corrected chi connectivity index (χ3v) is 4.53. The molecule has 2 rings (SSSR count). The van der Waals surface area contributed by atoms with E-state index in [4.69, 9.17) is 4.74 Å². The maximum atomic E-state index is 5.65. The van der Waals surface area contributed by atoms with E-state index >= 15 is 0 Å². The van der Waals surface area contributed by atoms with Gasteiger partial charge >= 0.3 is 0 Å². The van der Waals surface area contributed by atoms with Crippen molar-refractivity contribution in [3.05, 3.63) is 11.3 Å². The highest BCUT2D eigenvalue weighted by molar-refractivity contribution is 5.50. The lowest BCUT2D eigenvalue weighted by Gasteiger charge is -2.37. The second-order valence-corrected chi connectivity index (χ2v) is 6.17. The molecular formula is C16H30N4O. The largest absolute Gasteiger partial charge is 0.379 e. The first-order valence-electron chi connectivity index (χ1n) is 8.09. The van der Waals surface area contributed by atoms with Gasteiger partial charge in [0.25, 0.3) is 0 Å². The summed E-state index contributed by atoms with van der Waals surface area (Å²) in [5.74, 6) is 1.88. The maximum absolute atomic E-state index is 5.65. The Hall–Kier alpha value is -1.07. The van der Waals surface area contributed by atoms with E-state index in [0.29, 0.717) is 12.0 Å². The van der Waals surface area contributed by atoms with Crippen molar-refractivity contribution in [2.24, 2.45) is 13.0 Å². The smallest absolute Gasteiger partial charge is 0.131 e. The highest BCUT2D eigenvalue weighted by Gasteiger charge is 2.29. The number of ether oxygens (including phenoxy) is 1. The van der Waals surface area contributed by atoms with Crippen molar-refractivity contribution in [2.45, 2.75) is 46.3 Å². The normalized spacial score (nSPS) is 22.8. The van der Waals surface area contributed by atoms with Gasteiger partial charge < -0.3 is 15.0 Å². The molecule has 1 aliphatic heterocycles. The number of rotatable bonds is 6. The first-order chi connectivity index (χ1) is 10.1. The van der Waals surface area contributed by atoms with E-state index in [1.807, 2.05) is 18.8 Å². The maximum Gasteiger partial charge on any atom is 0.131 e. The zero-order valence-corrected chi connectivity index (χ0v) is 14.1. The lowest BCUT2D eigenvalue weighted by molar-refractivity contribution is 0.0494. The summed E-state index contributed by atoms with van der Waals surface area (Å²) in [5.41, 5.74) is 2.46. The van der Waals surface area contributed by atoms with Crippen molar-refractivity contribution in [3.63, 3.8) is 0 Å². The molecule has 120 valence electrons. The summed E-state index contributed by atoms with van der Waals surface area (Å²) in [5, 5.41) is 8.14. The number of hydrogen-bond donors (Lipinski definition) is 1. The van der Waals surface area contributed by atoms with Crippen LogP contribution in [0.5, 0.6) is 0 Å². The Kier molecular flexibility index (Phi) is 5.65. The minimum Gasteiger partial charge on any atom is -0.379 e. The average Bonchev–Trinajstić information content (AvgIpc) is 2.74. The Balaban J connectivity index is 2.18. The van der Waals surface area contributed by atoms with E-state index in [0.717, 1.165) is 38.3 Å². The van der Waals surface area contributed by atoms with Crippen molar-refractivity contribution in [2.75, 3.05) is 31.6 Å². The van der Waals surface area contributed by atoms with E-state index in [-0.39, 0.29) is 0 Å². The molecule has 5 nitrogen and oxygen atoms in total. The first kappa shape index (κ1) is 16.3. The van der Waals surface area contributed by atoms with E-state index < -0.39 is 0 Å². The third-order valence-electron chi connectivity index (χ3n) is 4.53. The molecule has 0 spiro atoms. The van der Waals surface area contributed by atoms with Crippen LogP contribution in [0.15, 0.2) is 0 Å². The molecule has 0 amide bonds. The van der Waals surface area contributed by atoms with Crippen LogP contribution in [0, 0.1) is 12.8 Å². The van der Waals surface area contributed by atoms with Gasteiger partial charge in [-0.2, -0.15) is 5.10 Å². The average molecular weight is 294 g/mol. The lowest BCUT2D eigenvalue weighted by Crippen LogP contribution is -2.45. The molecule has 1 aliphatic rings. The van der Waals surface area contributed by atoms with Crippen molar-refractivity contribution < 1.29 is 4.74 Å². The molecule has 2 unspecified atom stereocenters. The Morgan fingerprint density at radius 1 is 1.43 bits per heavy atom. The second-order valence-electron chi connectivity index (χ2n) is 6.17. The summed E-state index contributed by atoms with van der Waals surface area (Å²) >= 11 is 0. The van der Waals surface area contributed by atoms with Gasteiger partial charge in [-0.3, -0.25) is 4.68 Å². The van der Waals surface area contributed by atoms with Crippen LogP contribution in [-0.4, -0.2) is 42.6 Å². The van der Waals surface area contributed by atoms with Gasteiger partial charge in [0.15, 0.2) is 0 Å². The van der Waals surface area contributed by atoms with Gasteiger partial charge in [-0.1, -0.05) is 13.8 Å². The zero-order chi connectivity index (χ0) is 15.4. The Morgan fingerprint density at radius 2 is 2.19 bits per heavy atom. The topological polar surface area (TPSA) is 42.3 Å². The summed E-state index contributed by atoms with van der Waals surface area (Å²) in [7, 11) is 3.87. The first-order valence-corrected chi connectivity index (χ1v) is 8.09. The molecule has 2 heterocycles. The van der Waals surface area contributed by atoms with Crippen LogP contribution in [-0.2, 0) is 18.3 Å². The fourth-order valence-electron chi connectivity index (χ4n) is 3.22. The summed E-state index contributed by atoms with van der Waals surface area (Å²) < 4.78 is 7.68. The lowest BCUT2D eigenvalue weighted by atomic mass is 9.95. The van der Waals surface area contributed by atoms with E-state index in [1.54, 1.807) is 0 Å². The van der Waals surface area contributed by atoms with Crippen molar-refractivity contribution >= 4 is 5.82 Å². The van der Waals surface area contributed by atoms with Crippen molar-refractivity contribution in [3.8, 4) is 0 Å². The zero-order valence-electron chi connectivity index (χ0n) is 14.1. The van der Waals surface area contributed by atoms with Gasteiger partial charge in [0.05, 0.1) is 11.8 Å². The SMILES string of the molecule is CCCNCc1c(C)nn(C)c1N1CCC(C)C(OC)C1. The highest BCUT2D eigenvalue weighted by Crippen LogP contribution is 2.28. The molecule has 0 aromatic carbocycles. The molecule has 1 fully saturated rings. The predicted molar refractivity (Wildman–Crippen MR) is 86.7 cm³/mol.